The molecule has 0 aliphatic carbocycles. The van der Waals surface area contributed by atoms with Crippen LogP contribution in [-0.2, 0) is 26.9 Å². The molecule has 1 atom stereocenters. The first kappa shape index (κ1) is 97.9. The topological polar surface area (TPSA) is 338 Å². The van der Waals surface area contributed by atoms with Crippen LogP contribution in [0.25, 0.3) is 123 Å². The number of fused-ring (bicyclic) bond motifs is 10. The van der Waals surface area contributed by atoms with E-state index in [9.17, 15) is 24.0 Å². The van der Waals surface area contributed by atoms with Crippen LogP contribution in [0.3, 0.4) is 0 Å². The Hall–Kier alpha value is -15.6. The van der Waals surface area contributed by atoms with Crippen LogP contribution in [0.2, 0.25) is 0 Å². The van der Waals surface area contributed by atoms with Gasteiger partial charge in [-0.25, -0.2) is 38.5 Å². The molecule has 0 amide bonds. The van der Waals surface area contributed by atoms with Crippen molar-refractivity contribution in [3.8, 4) is 56.7 Å². The summed E-state index contributed by atoms with van der Waals surface area (Å²) in [6.45, 7) is 30.2. The largest absolute Gasteiger partial charge is 0.370 e. The van der Waals surface area contributed by atoms with Gasteiger partial charge in [0.2, 0.25) is 0 Å². The zero-order chi connectivity index (χ0) is 102. The maximum Gasteiger partial charge on any atom is 0.258 e. The molecule has 20 aromatic rings. The molecule has 24 rings (SSSR count). The number of likely N-dealkylation sites (N-methyl/N-ethyl adjacent to an activating group) is 1. The fourth-order valence-corrected chi connectivity index (χ4v) is 20.8. The number of hydrogen-bond donors (Lipinski definition) is 2. The lowest BCUT2D eigenvalue weighted by atomic mass is 9.90. The predicted octanol–water partition coefficient (Wildman–Crippen LogP) is 13.3. The van der Waals surface area contributed by atoms with E-state index in [0.717, 1.165) is 246 Å². The van der Waals surface area contributed by atoms with Crippen molar-refractivity contribution in [2.24, 2.45) is 20.0 Å². The average molecular weight is 1960 g/mol. The van der Waals surface area contributed by atoms with Crippen LogP contribution >= 0.6 is 0 Å². The maximum atomic E-state index is 13.0. The highest BCUT2D eigenvalue weighted by molar-refractivity contribution is 5.87. The summed E-state index contributed by atoms with van der Waals surface area (Å²) >= 11 is 0. The standard InChI is InChI=1S/C23H27N7O.C23H26N6O.C22H24N6O.C22H23N5O.C21H24N6O/c1-15-11-30-21(16(2)24-15)9-20(26-30)19-10-23(31)29-14-18(5-6-22(29)25-19)28-8-7-17(13-28)12-27(3)4;1-4-18-21-10-20(27-29(21)12-15(3)25-18)19-11-22(30)28-13-17(9-14(2)23(28)26-19)16-5-7-24-8-6-16;1-15-10-16(11-17-13-26(3)24-22(15)17)19-12-21(29)28-14-18(4-5-20(28)23-19)27-8-6-25(2)7-9-27;1-14-9-18(15-5-7-23-8-6-15)13-27-21(28)11-19(25-22(14)27)16-3-4-20-17(10-16)12-24-26(20)2;1-14-12-27-19(15(2)22-14)10-18(24-27)17-11-21(28)26-13-16(6-5-9-25(3)4)7-8-20(26)23-17/h5-6,9-11,14,17H,7-8,12-13H2,1-4H3;9-13,16,24H,4-8H2,1-3H3;4-5,10-14H,6-9H2,1-3H3;3-4,9-13,15,23H,5-8H2,1-2H3;7-8,10-13H,5-6,9H2,1-4H3/t17-;;;;/m0..../s1. The summed E-state index contributed by atoms with van der Waals surface area (Å²) < 4.78 is 17.4. The van der Waals surface area contributed by atoms with Gasteiger partial charge in [-0.1, -0.05) is 31.2 Å². The third-order valence-electron chi connectivity index (χ3n) is 28.3. The lowest BCUT2D eigenvalue weighted by Crippen LogP contribution is -2.44. The van der Waals surface area contributed by atoms with Crippen molar-refractivity contribution >= 4 is 78.0 Å². The number of aryl methyl sites for hydroxylation is 12. The Labute approximate surface area is 843 Å². The Morgan fingerprint density at radius 3 is 1.42 bits per heavy atom. The smallest absolute Gasteiger partial charge is 0.258 e. The molecule has 35 nitrogen and oxygen atoms in total. The number of piperidine rings is 2. The van der Waals surface area contributed by atoms with Crippen LogP contribution in [0.15, 0.2) is 213 Å². The van der Waals surface area contributed by atoms with Crippen molar-refractivity contribution < 1.29 is 0 Å². The first-order valence-electron chi connectivity index (χ1n) is 50.4. The van der Waals surface area contributed by atoms with E-state index >= 15 is 0 Å². The third-order valence-corrected chi connectivity index (χ3v) is 28.3. The number of rotatable bonds is 16. The van der Waals surface area contributed by atoms with Crippen LogP contribution in [0, 0.1) is 61.3 Å². The molecule has 18 aromatic heterocycles. The Bertz CT molecular complexity index is 8730. The van der Waals surface area contributed by atoms with E-state index in [-0.39, 0.29) is 27.8 Å². The molecule has 4 aliphatic rings. The molecule has 22 heterocycles. The van der Waals surface area contributed by atoms with Crippen LogP contribution in [0.5, 0.6) is 0 Å². The number of piperazine rings is 1. The van der Waals surface area contributed by atoms with E-state index in [4.69, 9.17) is 19.9 Å². The van der Waals surface area contributed by atoms with E-state index in [1.54, 1.807) is 61.4 Å². The van der Waals surface area contributed by atoms with Crippen molar-refractivity contribution in [1.82, 2.24) is 136 Å². The third kappa shape index (κ3) is 20.8. The van der Waals surface area contributed by atoms with Crippen LogP contribution in [0.1, 0.15) is 125 Å². The molecule has 4 saturated heterocycles. The normalized spacial score (nSPS) is 15.0. The van der Waals surface area contributed by atoms with Gasteiger partial charge in [-0.15, -0.1) is 0 Å². The zero-order valence-corrected chi connectivity index (χ0v) is 85.8. The lowest BCUT2D eigenvalue weighted by molar-refractivity contribution is 0.313. The summed E-state index contributed by atoms with van der Waals surface area (Å²) in [4.78, 5) is 113. The second-order valence-corrected chi connectivity index (χ2v) is 40.1. The average Bonchev–Trinajstić information content (AvgIpc) is 1.48. The number of benzene rings is 2. The summed E-state index contributed by atoms with van der Waals surface area (Å²) in [5.74, 6) is 1.64. The minimum Gasteiger partial charge on any atom is -0.370 e. The predicted molar refractivity (Wildman–Crippen MR) is 575 cm³/mol. The number of aromatic nitrogens is 23. The van der Waals surface area contributed by atoms with Crippen molar-refractivity contribution in [1.29, 1.82) is 0 Å². The molecule has 0 unspecified atom stereocenters. The molecule has 35 heteroatoms. The van der Waals surface area contributed by atoms with Gasteiger partial charge in [-0.3, -0.25) is 70.3 Å². The summed E-state index contributed by atoms with van der Waals surface area (Å²) in [5.41, 5.74) is 29.2. The monoisotopic (exact) mass is 1960 g/mol. The van der Waals surface area contributed by atoms with Crippen molar-refractivity contribution in [2.45, 2.75) is 126 Å². The van der Waals surface area contributed by atoms with Crippen LogP contribution in [0.4, 0.5) is 11.4 Å². The molecule has 4 fully saturated rings. The number of nitrogens with zero attached hydrogens (tertiary/aromatic N) is 28. The van der Waals surface area contributed by atoms with Gasteiger partial charge in [-0.05, 0) is 299 Å². The highest BCUT2D eigenvalue weighted by Gasteiger charge is 2.27. The van der Waals surface area contributed by atoms with Crippen molar-refractivity contribution in [3.05, 3.63) is 309 Å². The second-order valence-electron chi connectivity index (χ2n) is 40.1. The van der Waals surface area contributed by atoms with E-state index in [1.165, 1.54) is 17.5 Å². The SMILES string of the molecule is CCc1nc(C)cn2nc(-c3cc(=O)n4cc(C5CCNCC5)cc(C)c4n3)cc12.Cc1cc(-c2cc(=O)n3cc(N4CCN(C)CC4)ccc3n2)cc2cn(C)nc12.Cc1cc(C2CCNCC2)cn2c(=O)cc(-c3ccc4c(cnn4C)c3)nc12.Cc1cn2nc(-c3cc(=O)n4cc(CCCN(C)C)ccc4n3)cc2c(C)n1.Cc1cn2nc(-c3cc(=O)n4cc(N5CC[C@@H](CN(C)C)C5)ccc4n3)cc2c(C)n1. The minimum absolute atomic E-state index is 0.0369. The maximum absolute atomic E-state index is 13.0. The second kappa shape index (κ2) is 41.3. The number of anilines is 2. The van der Waals surface area contributed by atoms with Crippen molar-refractivity contribution in [2.75, 3.05) is 124 Å². The van der Waals surface area contributed by atoms with E-state index in [2.05, 4.69) is 147 Å². The Kier molecular flexibility index (Phi) is 27.7. The van der Waals surface area contributed by atoms with Gasteiger partial charge >= 0.3 is 0 Å². The number of hydrogen-bond acceptors (Lipinski definition) is 25. The van der Waals surface area contributed by atoms with E-state index in [0.29, 0.717) is 85.9 Å². The molecule has 0 spiro atoms. The van der Waals surface area contributed by atoms with Gasteiger partial charge in [0.1, 0.15) is 45.3 Å². The molecular formula is C111H124N30O5. The van der Waals surface area contributed by atoms with Gasteiger partial charge < -0.3 is 35.1 Å². The molecular weight excluding hydrogens is 1830 g/mol. The van der Waals surface area contributed by atoms with Crippen LogP contribution in [-0.4, -0.2) is 239 Å². The summed E-state index contributed by atoms with van der Waals surface area (Å²) in [7, 11) is 14.3. The van der Waals surface area contributed by atoms with Gasteiger partial charge in [0.15, 0.2) is 0 Å². The highest BCUT2D eigenvalue weighted by atomic mass is 16.1. The van der Waals surface area contributed by atoms with Crippen molar-refractivity contribution in [3.63, 3.8) is 0 Å². The van der Waals surface area contributed by atoms with E-state index in [1.807, 2.05) is 218 Å². The van der Waals surface area contributed by atoms with Gasteiger partial charge in [-0.2, -0.15) is 25.5 Å². The first-order chi connectivity index (χ1) is 70.4. The molecule has 146 heavy (non-hydrogen) atoms. The highest BCUT2D eigenvalue weighted by Crippen LogP contribution is 2.34. The molecule has 0 bridgehead atoms. The van der Waals surface area contributed by atoms with Gasteiger partial charge in [0.05, 0.1) is 126 Å². The quantitative estimate of drug-likeness (QED) is 0.0907. The summed E-state index contributed by atoms with van der Waals surface area (Å²) in [6.07, 6.45) is 27.5. The summed E-state index contributed by atoms with van der Waals surface area (Å²) in [5, 5.41) is 31.6. The molecule has 0 radical (unpaired) electrons. The number of nitrogens with one attached hydrogen (secondary N) is 2. The molecule has 748 valence electrons. The zero-order valence-electron chi connectivity index (χ0n) is 85.8. The molecule has 4 aliphatic heterocycles. The Balaban J connectivity index is 0.000000111. The first-order valence-corrected chi connectivity index (χ1v) is 50.4. The Morgan fingerprint density at radius 1 is 0.390 bits per heavy atom. The number of pyridine rings is 5. The minimum atomic E-state index is -0.103. The Morgan fingerprint density at radius 2 is 0.870 bits per heavy atom. The summed E-state index contributed by atoms with van der Waals surface area (Å²) in [6, 6.07) is 40.3. The van der Waals surface area contributed by atoms with Gasteiger partial charge in [0, 0.05) is 149 Å². The van der Waals surface area contributed by atoms with E-state index < -0.39 is 0 Å². The van der Waals surface area contributed by atoms with Gasteiger partial charge in [0.25, 0.3) is 27.8 Å². The molecule has 2 aromatic carbocycles. The fraction of sp³-hybridized carbons (Fsp3) is 0.351. The molecule has 2 N–H and O–H groups in total. The lowest BCUT2D eigenvalue weighted by Gasteiger charge is -2.34. The van der Waals surface area contributed by atoms with Crippen LogP contribution < -0.4 is 48.2 Å². The molecule has 0 saturated carbocycles. The fourth-order valence-electron chi connectivity index (χ4n) is 20.8.